The Hall–Kier alpha value is -0.360. The third-order valence-corrected chi connectivity index (χ3v) is 0.975. The van der Waals surface area contributed by atoms with E-state index in [-0.39, 0.29) is 12.4 Å². The van der Waals surface area contributed by atoms with Crippen LogP contribution in [0, 0.1) is 0 Å². The minimum Gasteiger partial charge on any atom is -0.479 e. The molecule has 0 aliphatic heterocycles. The van der Waals surface area contributed by atoms with Gasteiger partial charge < -0.3 is 10.8 Å². The fourth-order valence-electron chi connectivity index (χ4n) is 0.339. The smallest absolute Gasteiger partial charge is 0.336 e. The van der Waals surface area contributed by atoms with E-state index in [4.69, 9.17) is 16.7 Å². The van der Waals surface area contributed by atoms with Crippen molar-refractivity contribution in [3.8, 4) is 0 Å². The van der Waals surface area contributed by atoms with Crippen LogP contribution >= 0.6 is 12.4 Å². The van der Waals surface area contributed by atoms with E-state index in [0.717, 1.165) is 5.01 Å². The SMILES string of the molecule is CCN(N)C(N)C(=O)O.Cl. The first-order valence-corrected chi connectivity index (χ1v) is 2.59. The number of nitrogens with two attached hydrogens (primary N) is 2. The number of halogens is 1. The Morgan fingerprint density at radius 2 is 2.20 bits per heavy atom. The number of aliphatic carboxylic acids is 1. The van der Waals surface area contributed by atoms with Crippen molar-refractivity contribution in [3.63, 3.8) is 0 Å². The third kappa shape index (κ3) is 3.62. The van der Waals surface area contributed by atoms with Gasteiger partial charge in [0, 0.05) is 6.54 Å². The molecule has 0 fully saturated rings. The summed E-state index contributed by atoms with van der Waals surface area (Å²) in [5.41, 5.74) is 5.07. The van der Waals surface area contributed by atoms with Crippen molar-refractivity contribution in [3.05, 3.63) is 0 Å². The highest BCUT2D eigenvalue weighted by Crippen LogP contribution is 1.82. The molecule has 0 aliphatic rings. The van der Waals surface area contributed by atoms with Crippen LogP contribution < -0.4 is 11.6 Å². The molecule has 0 rings (SSSR count). The maximum atomic E-state index is 10.1. The Morgan fingerprint density at radius 3 is 2.30 bits per heavy atom. The van der Waals surface area contributed by atoms with Crippen molar-refractivity contribution in [2.24, 2.45) is 11.6 Å². The Balaban J connectivity index is 0. The molecule has 0 radical (unpaired) electrons. The highest BCUT2D eigenvalue weighted by atomic mass is 35.5. The predicted octanol–water partition coefficient (Wildman–Crippen LogP) is -1.03. The van der Waals surface area contributed by atoms with Gasteiger partial charge in [0.05, 0.1) is 0 Å². The molecule has 1 unspecified atom stereocenters. The Bertz CT molecular complexity index is 111. The van der Waals surface area contributed by atoms with Crippen molar-refractivity contribution in [1.29, 1.82) is 0 Å². The first-order valence-electron chi connectivity index (χ1n) is 2.59. The first-order chi connectivity index (χ1) is 4.09. The monoisotopic (exact) mass is 169 g/mol. The van der Waals surface area contributed by atoms with Crippen molar-refractivity contribution >= 4 is 18.4 Å². The summed E-state index contributed by atoms with van der Waals surface area (Å²) in [6.45, 7) is 2.15. The maximum Gasteiger partial charge on any atom is 0.336 e. The van der Waals surface area contributed by atoms with Gasteiger partial charge in [0.15, 0.2) is 6.17 Å². The van der Waals surface area contributed by atoms with E-state index in [2.05, 4.69) is 0 Å². The normalized spacial score (nSPS) is 12.4. The Morgan fingerprint density at radius 1 is 1.80 bits per heavy atom. The molecule has 10 heavy (non-hydrogen) atoms. The number of hydrogen-bond donors (Lipinski definition) is 3. The van der Waals surface area contributed by atoms with Crippen LogP contribution in [0.1, 0.15) is 6.92 Å². The van der Waals surface area contributed by atoms with Crippen LogP contribution in [0.3, 0.4) is 0 Å². The van der Waals surface area contributed by atoms with E-state index in [0.29, 0.717) is 6.54 Å². The zero-order valence-electron chi connectivity index (χ0n) is 5.65. The molecule has 62 valence electrons. The maximum absolute atomic E-state index is 10.1. The minimum absolute atomic E-state index is 0. The molecule has 1 atom stereocenters. The number of likely N-dealkylation sites (N-methyl/N-ethyl adjacent to an activating group) is 1. The highest BCUT2D eigenvalue weighted by molar-refractivity contribution is 5.85. The zero-order chi connectivity index (χ0) is 7.44. The minimum atomic E-state index is -1.11. The van der Waals surface area contributed by atoms with Crippen molar-refractivity contribution in [2.75, 3.05) is 6.54 Å². The second kappa shape index (κ2) is 5.43. The molecule has 6 heteroatoms. The molecule has 0 saturated heterocycles. The first kappa shape index (κ1) is 12.3. The van der Waals surface area contributed by atoms with E-state index in [9.17, 15) is 4.79 Å². The van der Waals surface area contributed by atoms with Crippen molar-refractivity contribution in [1.82, 2.24) is 5.01 Å². The second-order valence-electron chi connectivity index (χ2n) is 1.61. The Kier molecular flexibility index (Phi) is 6.69. The van der Waals surface area contributed by atoms with Gasteiger partial charge in [-0.25, -0.2) is 9.80 Å². The van der Waals surface area contributed by atoms with E-state index in [1.807, 2.05) is 0 Å². The Labute approximate surface area is 65.4 Å². The lowest BCUT2D eigenvalue weighted by Gasteiger charge is -2.17. The molecule has 0 aromatic carbocycles. The number of carboxylic acids is 1. The van der Waals surface area contributed by atoms with Gasteiger partial charge in [-0.3, -0.25) is 5.84 Å². The van der Waals surface area contributed by atoms with Crippen LogP contribution in [0.25, 0.3) is 0 Å². The number of nitrogens with zero attached hydrogens (tertiary/aromatic N) is 1. The van der Waals surface area contributed by atoms with Gasteiger partial charge in [0.25, 0.3) is 0 Å². The molecular formula is C4H12ClN3O2. The molecule has 0 bridgehead atoms. The lowest BCUT2D eigenvalue weighted by Crippen LogP contribution is -2.51. The quantitative estimate of drug-likeness (QED) is 0.286. The molecule has 0 aromatic heterocycles. The number of hydrazine groups is 1. The predicted molar refractivity (Wildman–Crippen MR) is 39.4 cm³/mol. The van der Waals surface area contributed by atoms with Gasteiger partial charge in [-0.05, 0) is 0 Å². The van der Waals surface area contributed by atoms with Crippen molar-refractivity contribution in [2.45, 2.75) is 13.1 Å². The summed E-state index contributed by atoms with van der Waals surface area (Å²) in [6.07, 6.45) is -1.09. The summed E-state index contributed by atoms with van der Waals surface area (Å²) in [4.78, 5) is 10.1. The standard InChI is InChI=1S/C4H11N3O2.ClH/c1-2-7(6)3(5)4(8)9;/h3H,2,5-6H2,1H3,(H,8,9);1H. The average Bonchev–Trinajstić information content (AvgIpc) is 1.84. The topological polar surface area (TPSA) is 92.6 Å². The molecule has 5 N–H and O–H groups in total. The van der Waals surface area contributed by atoms with Crippen molar-refractivity contribution < 1.29 is 9.90 Å². The molecule has 0 aliphatic carbocycles. The highest BCUT2D eigenvalue weighted by Gasteiger charge is 2.15. The molecule has 0 aromatic rings. The lowest BCUT2D eigenvalue weighted by molar-refractivity contribution is -0.143. The number of rotatable bonds is 3. The third-order valence-electron chi connectivity index (χ3n) is 0.975. The number of hydrogen-bond acceptors (Lipinski definition) is 4. The summed E-state index contributed by atoms with van der Waals surface area (Å²) in [6, 6.07) is 0. The molecule has 0 amide bonds. The summed E-state index contributed by atoms with van der Waals surface area (Å²) < 4.78 is 0. The van der Waals surface area contributed by atoms with Gasteiger partial charge in [-0.1, -0.05) is 6.92 Å². The fourth-order valence-corrected chi connectivity index (χ4v) is 0.339. The van der Waals surface area contributed by atoms with E-state index in [1.165, 1.54) is 0 Å². The lowest BCUT2D eigenvalue weighted by atomic mass is 10.5. The average molecular weight is 170 g/mol. The number of carbonyl (C=O) groups is 1. The summed E-state index contributed by atoms with van der Waals surface area (Å²) >= 11 is 0. The summed E-state index contributed by atoms with van der Waals surface area (Å²) in [5.74, 6) is 4.03. The fraction of sp³-hybridized carbons (Fsp3) is 0.750. The van der Waals surface area contributed by atoms with E-state index >= 15 is 0 Å². The van der Waals surface area contributed by atoms with E-state index < -0.39 is 12.1 Å². The van der Waals surface area contributed by atoms with Gasteiger partial charge >= 0.3 is 5.97 Å². The van der Waals surface area contributed by atoms with Gasteiger partial charge in [-0.15, -0.1) is 12.4 Å². The second-order valence-corrected chi connectivity index (χ2v) is 1.61. The van der Waals surface area contributed by atoms with Crippen LogP contribution in [0.15, 0.2) is 0 Å². The van der Waals surface area contributed by atoms with Crippen LogP contribution in [0.4, 0.5) is 0 Å². The number of carboxylic acid groups (broad SMARTS) is 1. The molecule has 0 spiro atoms. The molecule has 0 saturated carbocycles. The van der Waals surface area contributed by atoms with Crippen LogP contribution in [0.5, 0.6) is 0 Å². The van der Waals surface area contributed by atoms with Crippen LogP contribution in [0.2, 0.25) is 0 Å². The van der Waals surface area contributed by atoms with Crippen LogP contribution in [-0.2, 0) is 4.79 Å². The summed E-state index contributed by atoms with van der Waals surface area (Å²) in [7, 11) is 0. The van der Waals surface area contributed by atoms with Gasteiger partial charge in [0.1, 0.15) is 0 Å². The summed E-state index contributed by atoms with van der Waals surface area (Å²) in [5, 5.41) is 9.28. The molecule has 0 heterocycles. The van der Waals surface area contributed by atoms with Gasteiger partial charge in [0.2, 0.25) is 0 Å². The molecule has 5 nitrogen and oxygen atoms in total. The largest absolute Gasteiger partial charge is 0.479 e. The molecular weight excluding hydrogens is 158 g/mol. The van der Waals surface area contributed by atoms with E-state index in [1.54, 1.807) is 6.92 Å². The zero-order valence-corrected chi connectivity index (χ0v) is 6.47. The van der Waals surface area contributed by atoms with Crippen LogP contribution in [-0.4, -0.2) is 28.8 Å². The van der Waals surface area contributed by atoms with Gasteiger partial charge in [-0.2, -0.15) is 0 Å².